The van der Waals surface area contributed by atoms with E-state index in [2.05, 4.69) is 30.3 Å². The maximum absolute atomic E-state index is 13.7. The summed E-state index contributed by atoms with van der Waals surface area (Å²) in [7, 11) is 4.96. The summed E-state index contributed by atoms with van der Waals surface area (Å²) < 4.78 is 16.6. The Labute approximate surface area is 188 Å². The molecule has 5 heteroatoms. The molecule has 1 heterocycles. The lowest BCUT2D eigenvalue weighted by atomic mass is 9.71. The molecular formula is C27H27NO4. The molecule has 32 heavy (non-hydrogen) atoms. The second-order valence-electron chi connectivity index (χ2n) is 8.36. The Kier molecular flexibility index (Phi) is 5.25. The van der Waals surface area contributed by atoms with Crippen molar-refractivity contribution in [2.75, 3.05) is 21.3 Å². The maximum Gasteiger partial charge on any atom is 0.254 e. The lowest BCUT2D eigenvalue weighted by molar-refractivity contribution is 0.0586. The summed E-state index contributed by atoms with van der Waals surface area (Å²) in [6.45, 7) is 0.583. The molecule has 1 amide bonds. The van der Waals surface area contributed by atoms with Gasteiger partial charge in [0.2, 0.25) is 0 Å². The van der Waals surface area contributed by atoms with Gasteiger partial charge in [-0.05, 0) is 59.4 Å². The van der Waals surface area contributed by atoms with Gasteiger partial charge in [-0.2, -0.15) is 0 Å². The zero-order valence-electron chi connectivity index (χ0n) is 18.6. The summed E-state index contributed by atoms with van der Waals surface area (Å²) in [5.41, 5.74) is 5.35. The number of carbonyl (C=O) groups excluding carboxylic acids is 1. The molecule has 5 rings (SSSR count). The molecule has 3 aromatic carbocycles. The van der Waals surface area contributed by atoms with Crippen molar-refractivity contribution in [1.82, 2.24) is 4.90 Å². The van der Waals surface area contributed by atoms with Gasteiger partial charge in [-0.1, -0.05) is 36.4 Å². The number of amides is 1. The summed E-state index contributed by atoms with van der Waals surface area (Å²) in [6, 6.07) is 20.3. The van der Waals surface area contributed by atoms with Crippen molar-refractivity contribution in [2.24, 2.45) is 0 Å². The second-order valence-corrected chi connectivity index (χ2v) is 8.36. The van der Waals surface area contributed by atoms with E-state index >= 15 is 0 Å². The minimum atomic E-state index is 0.0629. The first-order valence-corrected chi connectivity index (χ1v) is 10.9. The van der Waals surface area contributed by atoms with Crippen LogP contribution in [0, 0.1) is 0 Å². The fourth-order valence-electron chi connectivity index (χ4n) is 5.22. The Morgan fingerprint density at radius 3 is 2.34 bits per heavy atom. The first kappa shape index (κ1) is 20.4. The molecule has 0 fully saturated rings. The predicted molar refractivity (Wildman–Crippen MR) is 123 cm³/mol. The number of aryl methyl sites for hydroxylation is 1. The van der Waals surface area contributed by atoms with Crippen LogP contribution in [0.3, 0.4) is 0 Å². The van der Waals surface area contributed by atoms with Crippen LogP contribution in [-0.2, 0) is 13.0 Å². The Bertz CT molecular complexity index is 1160. The van der Waals surface area contributed by atoms with Crippen LogP contribution in [0.25, 0.3) is 0 Å². The van der Waals surface area contributed by atoms with Crippen molar-refractivity contribution in [1.29, 1.82) is 0 Å². The molecule has 1 aliphatic carbocycles. The smallest absolute Gasteiger partial charge is 0.254 e. The summed E-state index contributed by atoms with van der Waals surface area (Å²) in [5, 5.41) is 0. The van der Waals surface area contributed by atoms with Crippen LogP contribution in [0.15, 0.2) is 60.7 Å². The van der Waals surface area contributed by atoms with Crippen molar-refractivity contribution in [2.45, 2.75) is 31.3 Å². The van der Waals surface area contributed by atoms with E-state index in [0.29, 0.717) is 23.6 Å². The van der Waals surface area contributed by atoms with Crippen LogP contribution < -0.4 is 14.2 Å². The number of ether oxygens (including phenoxy) is 3. The van der Waals surface area contributed by atoms with Crippen molar-refractivity contribution in [3.63, 3.8) is 0 Å². The first-order chi connectivity index (χ1) is 15.6. The molecule has 0 bridgehead atoms. The van der Waals surface area contributed by atoms with Gasteiger partial charge in [0.1, 0.15) is 5.75 Å². The van der Waals surface area contributed by atoms with Gasteiger partial charge in [-0.3, -0.25) is 4.79 Å². The zero-order chi connectivity index (χ0) is 22.2. The minimum Gasteiger partial charge on any atom is -0.497 e. The molecule has 1 aliphatic heterocycles. The molecule has 0 spiro atoms. The highest BCUT2D eigenvalue weighted by atomic mass is 16.5. The third kappa shape index (κ3) is 3.29. The van der Waals surface area contributed by atoms with E-state index in [1.807, 2.05) is 35.2 Å². The van der Waals surface area contributed by atoms with Gasteiger partial charge >= 0.3 is 0 Å². The number of nitrogens with zero attached hydrogens (tertiary/aromatic N) is 1. The summed E-state index contributed by atoms with van der Waals surface area (Å²) in [4.78, 5) is 15.7. The molecule has 2 unspecified atom stereocenters. The Balaban J connectivity index is 1.67. The van der Waals surface area contributed by atoms with Crippen molar-refractivity contribution < 1.29 is 19.0 Å². The monoisotopic (exact) mass is 429 g/mol. The van der Waals surface area contributed by atoms with Gasteiger partial charge in [0.15, 0.2) is 11.5 Å². The van der Waals surface area contributed by atoms with Crippen molar-refractivity contribution in [3.8, 4) is 17.2 Å². The molecule has 0 N–H and O–H groups in total. The van der Waals surface area contributed by atoms with Crippen molar-refractivity contribution in [3.05, 3.63) is 88.5 Å². The maximum atomic E-state index is 13.7. The number of methoxy groups -OCH3 is 3. The van der Waals surface area contributed by atoms with Gasteiger partial charge in [0.05, 0.1) is 21.3 Å². The average Bonchev–Trinajstić information content (AvgIpc) is 2.85. The van der Waals surface area contributed by atoms with Crippen LogP contribution >= 0.6 is 0 Å². The van der Waals surface area contributed by atoms with Crippen LogP contribution in [-0.4, -0.2) is 38.2 Å². The standard InChI is InChI=1S/C27H27NO4/c1-30-19-10-11-20-22(14-19)27(29)28(16-17-7-5-4-6-8-17)23-12-9-18-13-24(31-2)25(32-3)15-21(18)26(20)23/h4-8,10-11,13-15,23,26H,9,12,16H2,1-3H3. The molecule has 0 radical (unpaired) electrons. The summed E-state index contributed by atoms with van der Waals surface area (Å²) in [5.74, 6) is 2.29. The van der Waals surface area contributed by atoms with Gasteiger partial charge in [-0.25, -0.2) is 0 Å². The van der Waals surface area contributed by atoms with E-state index < -0.39 is 0 Å². The number of carbonyl (C=O) groups is 1. The highest BCUT2D eigenvalue weighted by molar-refractivity contribution is 5.98. The molecule has 164 valence electrons. The highest BCUT2D eigenvalue weighted by Crippen LogP contribution is 2.48. The van der Waals surface area contributed by atoms with E-state index in [0.717, 1.165) is 29.7 Å². The van der Waals surface area contributed by atoms with E-state index in [4.69, 9.17) is 14.2 Å². The summed E-state index contributed by atoms with van der Waals surface area (Å²) in [6.07, 6.45) is 1.79. The lowest BCUT2D eigenvalue weighted by Crippen LogP contribution is -2.49. The Morgan fingerprint density at radius 2 is 1.62 bits per heavy atom. The number of fused-ring (bicyclic) bond motifs is 5. The molecular weight excluding hydrogens is 402 g/mol. The topological polar surface area (TPSA) is 48.0 Å². The zero-order valence-corrected chi connectivity index (χ0v) is 18.6. The molecule has 0 saturated carbocycles. The van der Waals surface area contributed by atoms with Gasteiger partial charge < -0.3 is 19.1 Å². The van der Waals surface area contributed by atoms with Crippen LogP contribution in [0.4, 0.5) is 0 Å². The minimum absolute atomic E-state index is 0.0629. The SMILES string of the molecule is COc1ccc2c(c1)C(=O)N(Cc1ccccc1)C1CCc3cc(OC)c(OC)cc3C21. The van der Waals surface area contributed by atoms with E-state index in [1.54, 1.807) is 21.3 Å². The van der Waals surface area contributed by atoms with Gasteiger partial charge in [0.25, 0.3) is 5.91 Å². The Hall–Kier alpha value is -3.47. The fraction of sp³-hybridized carbons (Fsp3) is 0.296. The first-order valence-electron chi connectivity index (χ1n) is 10.9. The third-order valence-electron chi connectivity index (χ3n) is 6.76. The normalized spacial score (nSPS) is 19.0. The average molecular weight is 430 g/mol. The van der Waals surface area contributed by atoms with E-state index in [-0.39, 0.29) is 17.9 Å². The van der Waals surface area contributed by atoms with Gasteiger partial charge in [-0.15, -0.1) is 0 Å². The van der Waals surface area contributed by atoms with E-state index in [9.17, 15) is 4.79 Å². The molecule has 3 aromatic rings. The Morgan fingerprint density at radius 1 is 0.875 bits per heavy atom. The largest absolute Gasteiger partial charge is 0.497 e. The number of hydrogen-bond donors (Lipinski definition) is 0. The third-order valence-corrected chi connectivity index (χ3v) is 6.76. The van der Waals surface area contributed by atoms with Crippen LogP contribution in [0.1, 0.15) is 45.0 Å². The molecule has 2 atom stereocenters. The van der Waals surface area contributed by atoms with Crippen LogP contribution in [0.5, 0.6) is 17.2 Å². The highest BCUT2D eigenvalue weighted by Gasteiger charge is 2.43. The molecule has 0 aromatic heterocycles. The quantitative estimate of drug-likeness (QED) is 0.584. The van der Waals surface area contributed by atoms with E-state index in [1.165, 1.54) is 11.1 Å². The number of hydrogen-bond acceptors (Lipinski definition) is 4. The van der Waals surface area contributed by atoms with Crippen molar-refractivity contribution >= 4 is 5.91 Å². The van der Waals surface area contributed by atoms with Crippen LogP contribution in [0.2, 0.25) is 0 Å². The predicted octanol–water partition coefficient (Wildman–Crippen LogP) is 4.82. The lowest BCUT2D eigenvalue weighted by Gasteiger charge is -2.46. The van der Waals surface area contributed by atoms with Gasteiger partial charge in [0, 0.05) is 24.1 Å². The fourth-order valence-corrected chi connectivity index (χ4v) is 5.22. The molecule has 2 aliphatic rings. The second kappa shape index (κ2) is 8.23. The summed E-state index contributed by atoms with van der Waals surface area (Å²) >= 11 is 0. The number of benzene rings is 3. The number of rotatable bonds is 5. The molecule has 0 saturated heterocycles. The molecule has 5 nitrogen and oxygen atoms in total.